The molecule has 0 bridgehead atoms. The van der Waals surface area contributed by atoms with Crippen molar-refractivity contribution in [2.24, 2.45) is 5.41 Å². The summed E-state index contributed by atoms with van der Waals surface area (Å²) in [6, 6.07) is 8.79. The van der Waals surface area contributed by atoms with Crippen molar-refractivity contribution < 1.29 is 4.55 Å². The lowest BCUT2D eigenvalue weighted by Crippen LogP contribution is -2.50. The molecule has 1 saturated heterocycles. The monoisotopic (exact) mass is 490 g/mol. The minimum absolute atomic E-state index is 0.0901. The van der Waals surface area contributed by atoms with E-state index in [-0.39, 0.29) is 16.2 Å². The molecule has 7 heteroatoms. The maximum Gasteiger partial charge on any atom is 0.150 e. The number of nitrogens with zero attached hydrogens (tertiary/aromatic N) is 3. The lowest BCUT2D eigenvalue weighted by molar-refractivity contribution is 0.176. The summed E-state index contributed by atoms with van der Waals surface area (Å²) >= 11 is 2.38. The lowest BCUT2D eigenvalue weighted by atomic mass is 9.73. The molecule has 0 radical (unpaired) electrons. The van der Waals surface area contributed by atoms with Crippen molar-refractivity contribution in [1.82, 2.24) is 14.7 Å². The molecule has 0 saturated carbocycles. The van der Waals surface area contributed by atoms with Gasteiger partial charge in [-0.3, -0.25) is 0 Å². The summed E-state index contributed by atoms with van der Waals surface area (Å²) in [4.78, 5) is 11.8. The van der Waals surface area contributed by atoms with E-state index in [1.807, 2.05) is 34.6 Å². The van der Waals surface area contributed by atoms with Gasteiger partial charge in [0.15, 0.2) is 0 Å². The maximum atomic E-state index is 13.0. The highest BCUT2D eigenvalue weighted by Gasteiger charge is 2.50. The molecule has 2 aliphatic rings. The molecule has 162 valence electrons. The minimum atomic E-state index is -1.11. The quantitative estimate of drug-likeness (QED) is 0.626. The lowest BCUT2D eigenvalue weighted by Gasteiger charge is -2.44. The molecule has 1 fully saturated rings. The van der Waals surface area contributed by atoms with E-state index in [2.05, 4.69) is 54.8 Å². The number of hydrogen-bond donors (Lipinski definition) is 1. The van der Waals surface area contributed by atoms with E-state index in [1.54, 1.807) is 0 Å². The Bertz CT molecular complexity index is 937. The number of halogens is 1. The van der Waals surface area contributed by atoms with Gasteiger partial charge in [0.05, 0.1) is 17.4 Å². The SMILES string of the molecule is Cc1nc(N2CCC3(CC2)Cc2ccccc2[C@H]3N[S+]([O-])C(C)(C)C)c(C)nc1Br. The second kappa shape index (κ2) is 8.08. The van der Waals surface area contributed by atoms with Gasteiger partial charge in [-0.05, 0) is 80.9 Å². The van der Waals surface area contributed by atoms with Crippen LogP contribution in [0.15, 0.2) is 28.9 Å². The van der Waals surface area contributed by atoms with Crippen molar-refractivity contribution >= 4 is 33.1 Å². The Balaban J connectivity index is 1.59. The third-order valence-corrected chi connectivity index (χ3v) is 8.84. The number of anilines is 1. The van der Waals surface area contributed by atoms with Crippen LogP contribution in [0.2, 0.25) is 0 Å². The fourth-order valence-corrected chi connectivity index (χ4v) is 6.05. The Morgan fingerprint density at radius 2 is 1.80 bits per heavy atom. The standard InChI is InChI=1S/C23H31BrN4OS/c1-15-20(24)25-16(2)21(26-15)28-12-10-23(11-13-28)14-17-8-6-7-9-18(17)19(23)27-30(29)22(3,4)5/h6-9,19,27H,10-14H2,1-5H3/t19-,30?/m1/s1. The van der Waals surface area contributed by atoms with Crippen molar-refractivity contribution in [1.29, 1.82) is 0 Å². The Morgan fingerprint density at radius 1 is 1.13 bits per heavy atom. The van der Waals surface area contributed by atoms with Gasteiger partial charge >= 0.3 is 0 Å². The zero-order valence-corrected chi connectivity index (χ0v) is 20.9. The van der Waals surface area contributed by atoms with Crippen molar-refractivity contribution in [2.45, 2.75) is 64.7 Å². The second-order valence-corrected chi connectivity index (χ2v) is 12.4. The molecule has 1 aromatic carbocycles. The molecular weight excluding hydrogens is 460 g/mol. The predicted molar refractivity (Wildman–Crippen MR) is 127 cm³/mol. The highest BCUT2D eigenvalue weighted by molar-refractivity contribution is 9.10. The van der Waals surface area contributed by atoms with Gasteiger partial charge in [0.25, 0.3) is 0 Å². The largest absolute Gasteiger partial charge is 0.598 e. The molecule has 1 unspecified atom stereocenters. The van der Waals surface area contributed by atoms with Gasteiger partial charge in [0.2, 0.25) is 0 Å². The van der Waals surface area contributed by atoms with E-state index in [0.717, 1.165) is 54.2 Å². The third kappa shape index (κ3) is 4.01. The first kappa shape index (κ1) is 22.1. The Labute approximate surface area is 191 Å². The van der Waals surface area contributed by atoms with E-state index in [0.29, 0.717) is 0 Å². The number of fused-ring (bicyclic) bond motifs is 1. The molecule has 5 nitrogen and oxygen atoms in total. The molecule has 1 spiro atoms. The van der Waals surface area contributed by atoms with Gasteiger partial charge in [-0.25, -0.2) is 9.97 Å². The van der Waals surface area contributed by atoms with E-state index in [9.17, 15) is 4.55 Å². The molecule has 30 heavy (non-hydrogen) atoms. The first-order chi connectivity index (χ1) is 14.1. The summed E-state index contributed by atoms with van der Waals surface area (Å²) < 4.78 is 17.1. The number of benzene rings is 1. The van der Waals surface area contributed by atoms with Crippen LogP contribution < -0.4 is 9.62 Å². The van der Waals surface area contributed by atoms with E-state index >= 15 is 0 Å². The first-order valence-corrected chi connectivity index (χ1v) is 12.6. The van der Waals surface area contributed by atoms with Crippen LogP contribution in [0.4, 0.5) is 5.82 Å². The summed E-state index contributed by atoms with van der Waals surface area (Å²) in [6.07, 6.45) is 3.12. The van der Waals surface area contributed by atoms with E-state index in [4.69, 9.17) is 4.98 Å². The van der Waals surface area contributed by atoms with Gasteiger partial charge in [-0.2, -0.15) is 0 Å². The molecule has 2 aromatic rings. The summed E-state index contributed by atoms with van der Waals surface area (Å²) in [6.45, 7) is 12.0. The smallest absolute Gasteiger partial charge is 0.150 e. The van der Waals surface area contributed by atoms with Gasteiger partial charge in [0, 0.05) is 29.9 Å². The number of nitrogens with one attached hydrogen (secondary N) is 1. The molecule has 1 aliphatic carbocycles. The van der Waals surface area contributed by atoms with Crippen LogP contribution in [-0.4, -0.2) is 32.4 Å². The molecule has 0 amide bonds. The van der Waals surface area contributed by atoms with Crippen LogP contribution in [0, 0.1) is 19.3 Å². The summed E-state index contributed by atoms with van der Waals surface area (Å²) in [5.74, 6) is 0.990. The summed E-state index contributed by atoms with van der Waals surface area (Å²) in [5.41, 5.74) is 4.68. The first-order valence-electron chi connectivity index (χ1n) is 10.6. The fourth-order valence-electron chi connectivity index (χ4n) is 4.75. The molecule has 2 atom stereocenters. The van der Waals surface area contributed by atoms with Gasteiger partial charge in [-0.15, -0.1) is 4.72 Å². The highest BCUT2D eigenvalue weighted by Crippen LogP contribution is 2.52. The second-order valence-electron chi connectivity index (χ2n) is 9.67. The number of hydrogen-bond acceptors (Lipinski definition) is 5. The molecular formula is C23H31BrN4OS. The van der Waals surface area contributed by atoms with Crippen LogP contribution in [0.5, 0.6) is 0 Å². The van der Waals surface area contributed by atoms with Crippen molar-refractivity contribution in [3.05, 3.63) is 51.4 Å². The van der Waals surface area contributed by atoms with Crippen molar-refractivity contribution in [2.75, 3.05) is 18.0 Å². The van der Waals surface area contributed by atoms with Crippen LogP contribution in [0.25, 0.3) is 0 Å². The van der Waals surface area contributed by atoms with Crippen LogP contribution in [0.1, 0.15) is 62.2 Å². The third-order valence-electron chi connectivity index (χ3n) is 6.52. The van der Waals surface area contributed by atoms with Crippen molar-refractivity contribution in [3.8, 4) is 0 Å². The van der Waals surface area contributed by atoms with Crippen LogP contribution in [-0.2, 0) is 17.8 Å². The van der Waals surface area contributed by atoms with Crippen LogP contribution >= 0.6 is 15.9 Å². The van der Waals surface area contributed by atoms with Crippen molar-refractivity contribution in [3.63, 3.8) is 0 Å². The van der Waals surface area contributed by atoms with E-state index in [1.165, 1.54) is 11.1 Å². The molecule has 2 heterocycles. The average molecular weight is 491 g/mol. The Hall–Kier alpha value is -1.15. The van der Waals surface area contributed by atoms with Gasteiger partial charge in [0.1, 0.15) is 15.2 Å². The maximum absolute atomic E-state index is 13.0. The number of rotatable bonds is 3. The number of aryl methyl sites for hydroxylation is 2. The number of aromatic nitrogens is 2. The molecule has 1 aliphatic heterocycles. The topological polar surface area (TPSA) is 64.1 Å². The van der Waals surface area contributed by atoms with E-state index < -0.39 is 11.4 Å². The van der Waals surface area contributed by atoms with Gasteiger partial charge < -0.3 is 9.45 Å². The van der Waals surface area contributed by atoms with Crippen LogP contribution in [0.3, 0.4) is 0 Å². The zero-order chi connectivity index (χ0) is 21.7. The summed E-state index contributed by atoms with van der Waals surface area (Å²) in [5, 5.41) is 0. The molecule has 1 aromatic heterocycles. The van der Waals surface area contributed by atoms with Gasteiger partial charge in [-0.1, -0.05) is 24.3 Å². The molecule has 4 rings (SSSR count). The predicted octanol–water partition coefficient (Wildman–Crippen LogP) is 4.79. The highest BCUT2D eigenvalue weighted by atomic mass is 79.9. The average Bonchev–Trinajstić information content (AvgIpc) is 2.98. The summed E-state index contributed by atoms with van der Waals surface area (Å²) in [7, 11) is 0. The fraction of sp³-hybridized carbons (Fsp3) is 0.565. The molecule has 1 N–H and O–H groups in total. The minimum Gasteiger partial charge on any atom is -0.598 e. The Morgan fingerprint density at radius 3 is 2.47 bits per heavy atom. The Kier molecular flexibility index (Phi) is 5.94. The number of piperidine rings is 1. The normalized spacial score (nSPS) is 21.7. The zero-order valence-electron chi connectivity index (χ0n) is 18.5.